The molecule has 3 aliphatic rings. The number of hydrogen-bond donors (Lipinski definition) is 0. The van der Waals surface area contributed by atoms with Crippen LogP contribution >= 0.6 is 0 Å². The Hall–Kier alpha value is -1.06. The predicted octanol–water partition coefficient (Wildman–Crippen LogP) is 2.55. The van der Waals surface area contributed by atoms with Crippen molar-refractivity contribution in [3.63, 3.8) is 0 Å². The summed E-state index contributed by atoms with van der Waals surface area (Å²) in [4.78, 5) is 23.4. The molecule has 0 aromatic rings. The standard InChI is InChI=1S/C14H20O4/c15-12-9-13(16)18-14(17-12,10-5-1-2-6-10)11-7-3-4-8-11/h10-11H,1-9H2. The van der Waals surface area contributed by atoms with Crippen LogP contribution in [0.15, 0.2) is 0 Å². The maximum Gasteiger partial charge on any atom is 0.320 e. The molecule has 100 valence electrons. The molecular weight excluding hydrogens is 232 g/mol. The van der Waals surface area contributed by atoms with Gasteiger partial charge in [-0.3, -0.25) is 9.59 Å². The first-order valence-corrected chi connectivity index (χ1v) is 7.14. The first kappa shape index (κ1) is 12.0. The molecule has 0 bridgehead atoms. The van der Waals surface area contributed by atoms with Gasteiger partial charge in [0.2, 0.25) is 0 Å². The van der Waals surface area contributed by atoms with E-state index in [1.165, 1.54) is 0 Å². The molecule has 3 rings (SSSR count). The summed E-state index contributed by atoms with van der Waals surface area (Å²) in [7, 11) is 0. The fourth-order valence-corrected chi connectivity index (χ4v) is 3.89. The molecule has 1 heterocycles. The van der Waals surface area contributed by atoms with Crippen LogP contribution in [0.25, 0.3) is 0 Å². The van der Waals surface area contributed by atoms with E-state index in [1.54, 1.807) is 0 Å². The van der Waals surface area contributed by atoms with Gasteiger partial charge < -0.3 is 9.47 Å². The van der Waals surface area contributed by atoms with Crippen LogP contribution in [0, 0.1) is 11.8 Å². The van der Waals surface area contributed by atoms with Crippen molar-refractivity contribution in [1.82, 2.24) is 0 Å². The summed E-state index contributed by atoms with van der Waals surface area (Å²) in [6.07, 6.45) is 8.41. The Labute approximate surface area is 107 Å². The highest BCUT2D eigenvalue weighted by atomic mass is 16.7. The molecule has 2 aliphatic carbocycles. The van der Waals surface area contributed by atoms with E-state index < -0.39 is 17.7 Å². The molecule has 0 spiro atoms. The highest BCUT2D eigenvalue weighted by molar-refractivity contribution is 5.93. The van der Waals surface area contributed by atoms with Crippen LogP contribution in [0.4, 0.5) is 0 Å². The van der Waals surface area contributed by atoms with Gasteiger partial charge in [-0.15, -0.1) is 0 Å². The quantitative estimate of drug-likeness (QED) is 0.560. The van der Waals surface area contributed by atoms with Crippen molar-refractivity contribution in [2.24, 2.45) is 11.8 Å². The van der Waals surface area contributed by atoms with Crippen LogP contribution in [0.3, 0.4) is 0 Å². The zero-order valence-electron chi connectivity index (χ0n) is 10.7. The van der Waals surface area contributed by atoms with Crippen molar-refractivity contribution in [3.05, 3.63) is 0 Å². The summed E-state index contributed by atoms with van der Waals surface area (Å²) >= 11 is 0. The van der Waals surface area contributed by atoms with E-state index in [-0.39, 0.29) is 18.3 Å². The van der Waals surface area contributed by atoms with E-state index in [0.29, 0.717) is 0 Å². The summed E-state index contributed by atoms with van der Waals surface area (Å²) in [5.41, 5.74) is 0. The Kier molecular flexibility index (Phi) is 3.04. The van der Waals surface area contributed by atoms with Gasteiger partial charge in [-0.2, -0.15) is 0 Å². The van der Waals surface area contributed by atoms with Crippen molar-refractivity contribution in [1.29, 1.82) is 0 Å². The largest absolute Gasteiger partial charge is 0.421 e. The maximum absolute atomic E-state index is 11.7. The Balaban J connectivity index is 1.90. The van der Waals surface area contributed by atoms with Crippen LogP contribution in [0.2, 0.25) is 0 Å². The lowest BCUT2D eigenvalue weighted by Crippen LogP contribution is -2.54. The van der Waals surface area contributed by atoms with Crippen molar-refractivity contribution >= 4 is 11.9 Å². The second-order valence-corrected chi connectivity index (χ2v) is 5.81. The van der Waals surface area contributed by atoms with Gasteiger partial charge in [0.15, 0.2) is 0 Å². The van der Waals surface area contributed by atoms with E-state index in [4.69, 9.17) is 9.47 Å². The van der Waals surface area contributed by atoms with E-state index in [2.05, 4.69) is 0 Å². The van der Waals surface area contributed by atoms with Crippen molar-refractivity contribution in [3.8, 4) is 0 Å². The molecule has 0 aromatic heterocycles. The van der Waals surface area contributed by atoms with Crippen LogP contribution in [0.5, 0.6) is 0 Å². The summed E-state index contributed by atoms with van der Waals surface area (Å²) in [5, 5.41) is 0. The van der Waals surface area contributed by atoms with Gasteiger partial charge in [0.05, 0.1) is 0 Å². The van der Waals surface area contributed by atoms with Gasteiger partial charge in [0.25, 0.3) is 5.79 Å². The Bertz CT molecular complexity index is 317. The number of carbonyl (C=O) groups is 2. The van der Waals surface area contributed by atoms with Crippen LogP contribution in [0.1, 0.15) is 57.8 Å². The molecule has 1 saturated heterocycles. The molecule has 2 saturated carbocycles. The third kappa shape index (κ3) is 1.91. The second kappa shape index (κ2) is 4.56. The van der Waals surface area contributed by atoms with Gasteiger partial charge in [0.1, 0.15) is 6.42 Å². The van der Waals surface area contributed by atoms with E-state index in [0.717, 1.165) is 51.4 Å². The number of cyclic esters (lactones) is 2. The first-order chi connectivity index (χ1) is 8.71. The average molecular weight is 252 g/mol. The van der Waals surface area contributed by atoms with Crippen LogP contribution < -0.4 is 0 Å². The summed E-state index contributed by atoms with van der Waals surface area (Å²) in [5.74, 6) is -1.28. The van der Waals surface area contributed by atoms with E-state index >= 15 is 0 Å². The minimum Gasteiger partial charge on any atom is -0.421 e. The van der Waals surface area contributed by atoms with Gasteiger partial charge in [-0.1, -0.05) is 25.7 Å². The molecule has 4 heteroatoms. The molecule has 0 atom stereocenters. The highest BCUT2D eigenvalue weighted by Crippen LogP contribution is 2.49. The van der Waals surface area contributed by atoms with Crippen molar-refractivity contribution < 1.29 is 19.1 Å². The zero-order chi connectivity index (χ0) is 12.6. The lowest BCUT2D eigenvalue weighted by atomic mass is 9.83. The number of ether oxygens (including phenoxy) is 2. The molecule has 1 aliphatic heterocycles. The maximum atomic E-state index is 11.7. The summed E-state index contributed by atoms with van der Waals surface area (Å²) < 4.78 is 11.3. The zero-order valence-corrected chi connectivity index (χ0v) is 10.7. The highest BCUT2D eigenvalue weighted by Gasteiger charge is 2.55. The van der Waals surface area contributed by atoms with Crippen LogP contribution in [-0.2, 0) is 19.1 Å². The smallest absolute Gasteiger partial charge is 0.320 e. The number of hydrogen-bond acceptors (Lipinski definition) is 4. The van der Waals surface area contributed by atoms with Crippen molar-refractivity contribution in [2.75, 3.05) is 0 Å². The molecule has 0 aromatic carbocycles. The normalized spacial score (nSPS) is 29.3. The van der Waals surface area contributed by atoms with Gasteiger partial charge in [-0.05, 0) is 25.7 Å². The Morgan fingerprint density at radius 1 is 0.778 bits per heavy atom. The Morgan fingerprint density at radius 3 is 1.56 bits per heavy atom. The number of carbonyl (C=O) groups excluding carboxylic acids is 2. The fraction of sp³-hybridized carbons (Fsp3) is 0.857. The molecule has 0 amide bonds. The monoisotopic (exact) mass is 252 g/mol. The Morgan fingerprint density at radius 2 is 1.17 bits per heavy atom. The summed E-state index contributed by atoms with van der Waals surface area (Å²) in [6, 6.07) is 0. The molecule has 0 N–H and O–H groups in total. The topological polar surface area (TPSA) is 52.6 Å². The van der Waals surface area contributed by atoms with Crippen molar-refractivity contribution in [2.45, 2.75) is 63.6 Å². The third-order valence-electron chi connectivity index (χ3n) is 4.68. The number of rotatable bonds is 2. The number of esters is 2. The lowest BCUT2D eigenvalue weighted by molar-refractivity contribution is -0.281. The first-order valence-electron chi connectivity index (χ1n) is 7.14. The summed E-state index contributed by atoms with van der Waals surface area (Å²) in [6.45, 7) is 0. The molecule has 0 unspecified atom stereocenters. The second-order valence-electron chi connectivity index (χ2n) is 5.81. The molecule has 18 heavy (non-hydrogen) atoms. The van der Waals surface area contributed by atoms with Gasteiger partial charge in [-0.25, -0.2) is 0 Å². The molecule has 4 nitrogen and oxygen atoms in total. The predicted molar refractivity (Wildman–Crippen MR) is 63.4 cm³/mol. The molecule has 0 radical (unpaired) electrons. The minimum absolute atomic E-state index is 0.216. The average Bonchev–Trinajstić information content (AvgIpc) is 3.02. The molecule has 3 fully saturated rings. The van der Waals surface area contributed by atoms with Gasteiger partial charge in [0, 0.05) is 11.8 Å². The SMILES string of the molecule is O=C1CC(=O)OC(C2CCCC2)(C2CCCC2)O1. The molecular formula is C14H20O4. The third-order valence-corrected chi connectivity index (χ3v) is 4.68. The van der Waals surface area contributed by atoms with Gasteiger partial charge >= 0.3 is 11.9 Å². The van der Waals surface area contributed by atoms with Crippen LogP contribution in [-0.4, -0.2) is 17.7 Å². The minimum atomic E-state index is -0.917. The lowest BCUT2D eigenvalue weighted by Gasteiger charge is -2.44. The van der Waals surface area contributed by atoms with E-state index in [9.17, 15) is 9.59 Å². The van der Waals surface area contributed by atoms with E-state index in [1.807, 2.05) is 0 Å². The fourth-order valence-electron chi connectivity index (χ4n) is 3.89.